The van der Waals surface area contributed by atoms with Gasteiger partial charge in [0.2, 0.25) is 0 Å². The Kier molecular flexibility index (Phi) is 6.57. The summed E-state index contributed by atoms with van der Waals surface area (Å²) in [5, 5.41) is 13.9. The molecule has 1 heterocycles. The fourth-order valence-electron chi connectivity index (χ4n) is 2.26. The van der Waals surface area contributed by atoms with Crippen LogP contribution in [0.5, 0.6) is 0 Å². The van der Waals surface area contributed by atoms with Gasteiger partial charge in [0.15, 0.2) is 0 Å². The first kappa shape index (κ1) is 19.0. The first-order valence-corrected chi connectivity index (χ1v) is 9.05. The zero-order chi connectivity index (χ0) is 18.4. The molecule has 0 aliphatic rings. The van der Waals surface area contributed by atoms with Gasteiger partial charge in [-0.2, -0.15) is 5.26 Å². The Hall–Kier alpha value is -2.36. The minimum atomic E-state index is -0.271. The minimum Gasteiger partial charge on any atom is -0.338 e. The van der Waals surface area contributed by atoms with Crippen molar-refractivity contribution in [1.29, 1.82) is 5.26 Å². The number of hydrogen-bond donors (Lipinski definition) is 1. The quantitative estimate of drug-likeness (QED) is 0.819. The van der Waals surface area contributed by atoms with Crippen LogP contribution in [0.2, 0.25) is 5.02 Å². The van der Waals surface area contributed by atoms with Gasteiger partial charge in [-0.3, -0.25) is 9.59 Å². The molecule has 2 aromatic rings. The van der Waals surface area contributed by atoms with Crippen molar-refractivity contribution < 1.29 is 9.59 Å². The van der Waals surface area contributed by atoms with Gasteiger partial charge in [0.1, 0.15) is 0 Å². The molecule has 0 aliphatic carbocycles. The van der Waals surface area contributed by atoms with Crippen molar-refractivity contribution in [2.75, 3.05) is 18.4 Å². The van der Waals surface area contributed by atoms with Crippen molar-refractivity contribution in [1.82, 2.24) is 4.90 Å². The van der Waals surface area contributed by atoms with E-state index in [1.165, 1.54) is 11.3 Å². The predicted molar refractivity (Wildman–Crippen MR) is 100 cm³/mol. The van der Waals surface area contributed by atoms with Crippen LogP contribution in [0.1, 0.15) is 33.9 Å². The van der Waals surface area contributed by atoms with E-state index in [1.54, 1.807) is 42.2 Å². The summed E-state index contributed by atoms with van der Waals surface area (Å²) in [5.74, 6) is -0.728. The van der Waals surface area contributed by atoms with Gasteiger partial charge in [-0.1, -0.05) is 17.7 Å². The van der Waals surface area contributed by atoms with Gasteiger partial charge in [-0.25, -0.2) is 0 Å². The molecule has 25 heavy (non-hydrogen) atoms. The van der Waals surface area contributed by atoms with Gasteiger partial charge in [-0.05, 0) is 43.5 Å². The number of carbonyl (C=O) groups excluding carboxylic acids is 2. The van der Waals surface area contributed by atoms with Gasteiger partial charge in [0, 0.05) is 18.7 Å². The highest BCUT2D eigenvalue weighted by molar-refractivity contribution is 7.12. The van der Waals surface area contributed by atoms with Crippen LogP contribution >= 0.6 is 22.9 Å². The molecule has 5 nitrogen and oxygen atoms in total. The second kappa shape index (κ2) is 8.65. The van der Waals surface area contributed by atoms with Gasteiger partial charge in [-0.15, -0.1) is 11.3 Å². The fraction of sp³-hybridized carbons (Fsp3) is 0.278. The average molecular weight is 376 g/mol. The maximum atomic E-state index is 12.7. The number of hydrogen-bond acceptors (Lipinski definition) is 4. The number of amides is 2. The van der Waals surface area contributed by atoms with Crippen molar-refractivity contribution in [3.63, 3.8) is 0 Å². The smallest absolute Gasteiger partial charge is 0.265 e. The topological polar surface area (TPSA) is 73.2 Å². The summed E-state index contributed by atoms with van der Waals surface area (Å²) in [7, 11) is 0. The van der Waals surface area contributed by atoms with Crippen LogP contribution in [-0.2, 0) is 0 Å². The first-order chi connectivity index (χ1) is 12.0. The zero-order valence-corrected chi connectivity index (χ0v) is 15.5. The molecule has 1 aromatic heterocycles. The van der Waals surface area contributed by atoms with Gasteiger partial charge in [0.25, 0.3) is 11.8 Å². The maximum absolute atomic E-state index is 12.7. The third kappa shape index (κ3) is 4.81. The van der Waals surface area contributed by atoms with Crippen molar-refractivity contribution in [3.8, 4) is 6.07 Å². The summed E-state index contributed by atoms with van der Waals surface area (Å²) in [4.78, 5) is 27.0. The van der Waals surface area contributed by atoms with E-state index in [-0.39, 0.29) is 17.7 Å². The fourth-order valence-corrected chi connectivity index (χ4v) is 3.04. The first-order valence-electron chi connectivity index (χ1n) is 7.79. The molecule has 0 radical (unpaired) electrons. The van der Waals surface area contributed by atoms with Crippen molar-refractivity contribution >= 4 is 40.4 Å². The highest BCUT2D eigenvalue weighted by Crippen LogP contribution is 2.25. The molecule has 0 aliphatic heterocycles. The van der Waals surface area contributed by atoms with Gasteiger partial charge in [0.05, 0.1) is 27.6 Å². The van der Waals surface area contributed by atoms with Crippen LogP contribution in [0.3, 0.4) is 0 Å². The molecular weight excluding hydrogens is 358 g/mol. The summed E-state index contributed by atoms with van der Waals surface area (Å²) < 4.78 is 0. The van der Waals surface area contributed by atoms with Crippen molar-refractivity contribution in [3.05, 3.63) is 51.2 Å². The second-order valence-corrected chi connectivity index (χ2v) is 6.85. The number of nitriles is 1. The molecule has 0 saturated carbocycles. The summed E-state index contributed by atoms with van der Waals surface area (Å²) in [6, 6.07) is 10.4. The Bertz CT molecular complexity index is 799. The highest BCUT2D eigenvalue weighted by atomic mass is 35.5. The van der Waals surface area contributed by atoms with E-state index < -0.39 is 0 Å². The van der Waals surface area contributed by atoms with E-state index in [2.05, 4.69) is 11.4 Å². The van der Waals surface area contributed by atoms with E-state index in [0.29, 0.717) is 34.2 Å². The molecule has 1 unspecified atom stereocenters. The Balaban J connectivity index is 2.21. The largest absolute Gasteiger partial charge is 0.338 e. The third-order valence-electron chi connectivity index (χ3n) is 3.59. The van der Waals surface area contributed by atoms with Crippen molar-refractivity contribution in [2.45, 2.75) is 13.8 Å². The molecule has 2 amide bonds. The van der Waals surface area contributed by atoms with E-state index in [4.69, 9.17) is 16.9 Å². The molecule has 0 spiro atoms. The van der Waals surface area contributed by atoms with Crippen LogP contribution in [0.4, 0.5) is 5.69 Å². The lowest BCUT2D eigenvalue weighted by molar-refractivity contribution is 0.0752. The predicted octanol–water partition coefficient (Wildman–Crippen LogP) is 4.28. The van der Waals surface area contributed by atoms with Gasteiger partial charge >= 0.3 is 0 Å². The second-order valence-electron chi connectivity index (χ2n) is 5.50. The monoisotopic (exact) mass is 375 g/mol. The number of rotatable bonds is 6. The molecule has 0 fully saturated rings. The Morgan fingerprint density at radius 1 is 1.40 bits per heavy atom. The number of halogens is 1. The number of benzene rings is 1. The molecule has 1 atom stereocenters. The SMILES string of the molecule is CCN(CC(C)C#N)C(=O)c1ccc(Cl)c(NC(=O)c2cccs2)c1. The lowest BCUT2D eigenvalue weighted by atomic mass is 10.1. The zero-order valence-electron chi connectivity index (χ0n) is 14.0. The molecule has 2 rings (SSSR count). The van der Waals surface area contributed by atoms with E-state index >= 15 is 0 Å². The van der Waals surface area contributed by atoms with E-state index in [0.717, 1.165) is 0 Å². The molecule has 1 aromatic carbocycles. The summed E-state index contributed by atoms with van der Waals surface area (Å²) >= 11 is 7.47. The summed E-state index contributed by atoms with van der Waals surface area (Å²) in [6.07, 6.45) is 0. The summed E-state index contributed by atoms with van der Waals surface area (Å²) in [5.41, 5.74) is 0.799. The average Bonchev–Trinajstić information content (AvgIpc) is 3.15. The van der Waals surface area contributed by atoms with Crippen LogP contribution in [0.25, 0.3) is 0 Å². The lowest BCUT2D eigenvalue weighted by Crippen LogP contribution is -2.34. The molecule has 130 valence electrons. The number of nitrogens with zero attached hydrogens (tertiary/aromatic N) is 2. The number of thiophene rings is 1. The van der Waals surface area contributed by atoms with Crippen molar-refractivity contribution in [2.24, 2.45) is 5.92 Å². The molecule has 0 saturated heterocycles. The molecule has 7 heteroatoms. The lowest BCUT2D eigenvalue weighted by Gasteiger charge is -2.22. The highest BCUT2D eigenvalue weighted by Gasteiger charge is 2.18. The van der Waals surface area contributed by atoms with Crippen LogP contribution in [-0.4, -0.2) is 29.8 Å². The van der Waals surface area contributed by atoms with E-state index in [1.807, 2.05) is 12.3 Å². The number of carbonyl (C=O) groups is 2. The molecular formula is C18H18ClN3O2S. The minimum absolute atomic E-state index is 0.201. The van der Waals surface area contributed by atoms with Gasteiger partial charge < -0.3 is 10.2 Å². The summed E-state index contributed by atoms with van der Waals surface area (Å²) in [6.45, 7) is 4.47. The molecule has 1 N–H and O–H groups in total. The number of nitrogens with one attached hydrogen (secondary N) is 1. The van der Waals surface area contributed by atoms with Crippen LogP contribution < -0.4 is 5.32 Å². The molecule has 0 bridgehead atoms. The van der Waals surface area contributed by atoms with Crippen LogP contribution in [0.15, 0.2) is 35.7 Å². The van der Waals surface area contributed by atoms with E-state index in [9.17, 15) is 9.59 Å². The Morgan fingerprint density at radius 2 is 2.16 bits per heavy atom. The Morgan fingerprint density at radius 3 is 2.76 bits per heavy atom. The third-order valence-corrected chi connectivity index (χ3v) is 4.79. The normalized spacial score (nSPS) is 11.4. The number of anilines is 1. The standard InChI is InChI=1S/C18H18ClN3O2S/c1-3-22(11-12(2)10-20)18(24)13-6-7-14(19)15(9-13)21-17(23)16-5-4-8-25-16/h4-9,12H,3,11H2,1-2H3,(H,21,23). The Labute approximate surface area is 155 Å². The van der Waals surface area contributed by atoms with Crippen LogP contribution in [0, 0.1) is 17.2 Å². The maximum Gasteiger partial charge on any atom is 0.265 e.